The first-order chi connectivity index (χ1) is 9.19. The number of hydrogen-bond acceptors (Lipinski definition) is 3. The SMILES string of the molecule is CCc1ccc(CNC(=O)C2CNC(=O)CN2)cc1. The van der Waals surface area contributed by atoms with Gasteiger partial charge in [0, 0.05) is 13.1 Å². The monoisotopic (exact) mass is 261 g/mol. The van der Waals surface area contributed by atoms with Crippen LogP contribution in [0.15, 0.2) is 24.3 Å². The fourth-order valence-electron chi connectivity index (χ4n) is 1.96. The molecule has 0 radical (unpaired) electrons. The molecule has 1 aromatic rings. The third-order valence-electron chi connectivity index (χ3n) is 3.23. The summed E-state index contributed by atoms with van der Waals surface area (Å²) in [6.45, 7) is 3.16. The van der Waals surface area contributed by atoms with E-state index in [4.69, 9.17) is 0 Å². The van der Waals surface area contributed by atoms with Crippen LogP contribution in [0.2, 0.25) is 0 Å². The summed E-state index contributed by atoms with van der Waals surface area (Å²) >= 11 is 0. The lowest BCUT2D eigenvalue weighted by molar-refractivity contribution is -0.126. The topological polar surface area (TPSA) is 70.2 Å². The summed E-state index contributed by atoms with van der Waals surface area (Å²) < 4.78 is 0. The highest BCUT2D eigenvalue weighted by molar-refractivity contribution is 5.86. The van der Waals surface area contributed by atoms with E-state index >= 15 is 0 Å². The third kappa shape index (κ3) is 3.79. The second kappa shape index (κ2) is 6.33. The molecule has 1 heterocycles. The molecule has 0 bridgehead atoms. The van der Waals surface area contributed by atoms with Crippen LogP contribution >= 0.6 is 0 Å². The van der Waals surface area contributed by atoms with E-state index in [0.29, 0.717) is 13.1 Å². The molecule has 2 amide bonds. The molecule has 1 aromatic carbocycles. The third-order valence-corrected chi connectivity index (χ3v) is 3.23. The lowest BCUT2D eigenvalue weighted by atomic mass is 10.1. The van der Waals surface area contributed by atoms with Gasteiger partial charge in [-0.05, 0) is 17.5 Å². The number of rotatable bonds is 4. The summed E-state index contributed by atoms with van der Waals surface area (Å²) in [6, 6.07) is 7.85. The Kier molecular flexibility index (Phi) is 4.52. The fraction of sp³-hybridized carbons (Fsp3) is 0.429. The number of piperazine rings is 1. The Morgan fingerprint density at radius 2 is 2.00 bits per heavy atom. The van der Waals surface area contributed by atoms with E-state index in [0.717, 1.165) is 12.0 Å². The predicted octanol–water partition coefficient (Wildman–Crippen LogP) is -0.0468. The van der Waals surface area contributed by atoms with Crippen molar-refractivity contribution in [2.24, 2.45) is 0 Å². The van der Waals surface area contributed by atoms with Crippen molar-refractivity contribution in [1.29, 1.82) is 0 Å². The number of carbonyl (C=O) groups is 2. The molecule has 1 unspecified atom stereocenters. The first-order valence-corrected chi connectivity index (χ1v) is 6.54. The van der Waals surface area contributed by atoms with Crippen LogP contribution in [-0.2, 0) is 22.6 Å². The van der Waals surface area contributed by atoms with Crippen molar-refractivity contribution < 1.29 is 9.59 Å². The summed E-state index contributed by atoms with van der Waals surface area (Å²) in [4.78, 5) is 22.8. The van der Waals surface area contributed by atoms with Crippen LogP contribution in [0, 0.1) is 0 Å². The van der Waals surface area contributed by atoms with Crippen molar-refractivity contribution >= 4 is 11.8 Å². The molecule has 0 saturated carbocycles. The zero-order valence-electron chi connectivity index (χ0n) is 11.0. The number of carbonyl (C=O) groups excluding carboxylic acids is 2. The highest BCUT2D eigenvalue weighted by atomic mass is 16.2. The molecule has 0 spiro atoms. The summed E-state index contributed by atoms with van der Waals surface area (Å²) in [5.74, 6) is -0.154. The number of benzene rings is 1. The Balaban J connectivity index is 1.80. The molecule has 1 aliphatic heterocycles. The number of amides is 2. The second-order valence-corrected chi connectivity index (χ2v) is 4.63. The number of hydrogen-bond donors (Lipinski definition) is 3. The van der Waals surface area contributed by atoms with E-state index in [1.807, 2.05) is 12.1 Å². The molecule has 1 aliphatic rings. The summed E-state index contributed by atoms with van der Waals surface area (Å²) in [6.07, 6.45) is 1.01. The molecule has 1 fully saturated rings. The minimum absolute atomic E-state index is 0.0702. The number of nitrogens with one attached hydrogen (secondary N) is 3. The standard InChI is InChI=1S/C14H19N3O2/c1-2-10-3-5-11(6-4-10)7-17-14(19)12-8-16-13(18)9-15-12/h3-6,12,15H,2,7-9H2,1H3,(H,16,18)(H,17,19). The molecule has 102 valence electrons. The van der Waals surface area contributed by atoms with Crippen molar-refractivity contribution in [2.75, 3.05) is 13.1 Å². The van der Waals surface area contributed by atoms with Gasteiger partial charge in [0.05, 0.1) is 6.54 Å². The van der Waals surface area contributed by atoms with Gasteiger partial charge in [0.25, 0.3) is 0 Å². The van der Waals surface area contributed by atoms with Crippen molar-refractivity contribution in [3.8, 4) is 0 Å². The highest BCUT2D eigenvalue weighted by Gasteiger charge is 2.23. The molecule has 0 aliphatic carbocycles. The zero-order valence-corrected chi connectivity index (χ0v) is 11.0. The zero-order chi connectivity index (χ0) is 13.7. The van der Waals surface area contributed by atoms with E-state index in [1.54, 1.807) is 0 Å². The van der Waals surface area contributed by atoms with E-state index in [2.05, 4.69) is 35.0 Å². The van der Waals surface area contributed by atoms with E-state index in [1.165, 1.54) is 5.56 Å². The first kappa shape index (κ1) is 13.5. The average Bonchev–Trinajstić information content (AvgIpc) is 2.46. The minimum atomic E-state index is -0.340. The molecule has 3 N–H and O–H groups in total. The van der Waals surface area contributed by atoms with Gasteiger partial charge < -0.3 is 10.6 Å². The largest absolute Gasteiger partial charge is 0.353 e. The molecule has 2 rings (SSSR count). The van der Waals surface area contributed by atoms with Crippen molar-refractivity contribution in [3.05, 3.63) is 35.4 Å². The maximum absolute atomic E-state index is 11.9. The molecule has 5 nitrogen and oxygen atoms in total. The van der Waals surface area contributed by atoms with Gasteiger partial charge in [-0.3, -0.25) is 14.9 Å². The Labute approximate surface area is 112 Å². The molecule has 5 heteroatoms. The van der Waals surface area contributed by atoms with Crippen molar-refractivity contribution in [2.45, 2.75) is 25.9 Å². The Morgan fingerprint density at radius 1 is 1.32 bits per heavy atom. The molecule has 19 heavy (non-hydrogen) atoms. The van der Waals surface area contributed by atoms with Gasteiger partial charge in [-0.15, -0.1) is 0 Å². The summed E-state index contributed by atoms with van der Waals surface area (Å²) in [7, 11) is 0. The summed E-state index contributed by atoms with van der Waals surface area (Å²) in [5, 5.41) is 8.43. The lowest BCUT2D eigenvalue weighted by Gasteiger charge is -2.23. The Morgan fingerprint density at radius 3 is 2.58 bits per heavy atom. The minimum Gasteiger partial charge on any atom is -0.353 e. The van der Waals surface area contributed by atoms with Gasteiger partial charge in [0.2, 0.25) is 11.8 Å². The second-order valence-electron chi connectivity index (χ2n) is 4.63. The van der Waals surface area contributed by atoms with Crippen LogP contribution in [0.3, 0.4) is 0 Å². The van der Waals surface area contributed by atoms with E-state index < -0.39 is 0 Å². The van der Waals surface area contributed by atoms with Crippen LogP contribution < -0.4 is 16.0 Å². The van der Waals surface area contributed by atoms with Crippen LogP contribution in [0.4, 0.5) is 0 Å². The van der Waals surface area contributed by atoms with Crippen molar-refractivity contribution in [1.82, 2.24) is 16.0 Å². The predicted molar refractivity (Wildman–Crippen MR) is 72.5 cm³/mol. The van der Waals surface area contributed by atoms with Gasteiger partial charge in [-0.2, -0.15) is 0 Å². The molecular formula is C14H19N3O2. The molecular weight excluding hydrogens is 242 g/mol. The van der Waals surface area contributed by atoms with Gasteiger partial charge in [-0.25, -0.2) is 0 Å². The van der Waals surface area contributed by atoms with Gasteiger partial charge >= 0.3 is 0 Å². The van der Waals surface area contributed by atoms with Gasteiger partial charge in [0.1, 0.15) is 6.04 Å². The van der Waals surface area contributed by atoms with Gasteiger partial charge in [0.15, 0.2) is 0 Å². The maximum atomic E-state index is 11.9. The summed E-state index contributed by atoms with van der Waals surface area (Å²) in [5.41, 5.74) is 2.36. The van der Waals surface area contributed by atoms with Crippen LogP contribution in [-0.4, -0.2) is 30.9 Å². The molecule has 0 aromatic heterocycles. The van der Waals surface area contributed by atoms with Gasteiger partial charge in [-0.1, -0.05) is 31.2 Å². The smallest absolute Gasteiger partial charge is 0.239 e. The van der Waals surface area contributed by atoms with Crippen LogP contribution in [0.25, 0.3) is 0 Å². The van der Waals surface area contributed by atoms with Crippen molar-refractivity contribution in [3.63, 3.8) is 0 Å². The van der Waals surface area contributed by atoms with Crippen LogP contribution in [0.5, 0.6) is 0 Å². The molecule has 1 saturated heterocycles. The Bertz CT molecular complexity index is 446. The average molecular weight is 261 g/mol. The Hall–Kier alpha value is -1.88. The maximum Gasteiger partial charge on any atom is 0.239 e. The van der Waals surface area contributed by atoms with E-state index in [9.17, 15) is 9.59 Å². The lowest BCUT2D eigenvalue weighted by Crippen LogP contribution is -2.57. The normalized spacial score (nSPS) is 18.8. The van der Waals surface area contributed by atoms with E-state index in [-0.39, 0.29) is 24.4 Å². The number of aryl methyl sites for hydroxylation is 1. The van der Waals surface area contributed by atoms with Crippen LogP contribution in [0.1, 0.15) is 18.1 Å². The molecule has 1 atom stereocenters. The fourth-order valence-corrected chi connectivity index (χ4v) is 1.96. The first-order valence-electron chi connectivity index (χ1n) is 6.54. The quantitative estimate of drug-likeness (QED) is 0.712. The highest BCUT2D eigenvalue weighted by Crippen LogP contribution is 2.04.